The van der Waals surface area contributed by atoms with Gasteiger partial charge in [-0.3, -0.25) is 5.10 Å². The standard InChI is InChI=1S/C13H22N4O2S/c1-4-14-9-12-13(11(3)15-16-12)20(18,19)17-7-5-10(2)6-8-17/h5,14H,4,6-9H2,1-3H3,(H,15,16). The molecule has 0 fully saturated rings. The molecular weight excluding hydrogens is 276 g/mol. The average molecular weight is 298 g/mol. The Kier molecular flexibility index (Phi) is 4.62. The highest BCUT2D eigenvalue weighted by Crippen LogP contribution is 2.24. The fraction of sp³-hybridized carbons (Fsp3) is 0.615. The molecule has 0 spiro atoms. The molecule has 1 aromatic heterocycles. The Hall–Kier alpha value is -1.18. The Morgan fingerprint density at radius 2 is 2.20 bits per heavy atom. The molecule has 0 unspecified atom stereocenters. The second-order valence-electron chi connectivity index (χ2n) is 5.07. The molecule has 0 amide bonds. The number of sulfonamides is 1. The quantitative estimate of drug-likeness (QED) is 0.800. The fourth-order valence-electron chi connectivity index (χ4n) is 2.27. The van der Waals surface area contributed by atoms with Gasteiger partial charge in [-0.2, -0.15) is 9.40 Å². The van der Waals surface area contributed by atoms with E-state index in [1.807, 2.05) is 19.9 Å². The van der Waals surface area contributed by atoms with E-state index in [0.717, 1.165) is 13.0 Å². The van der Waals surface area contributed by atoms with Crippen LogP contribution in [0.1, 0.15) is 31.7 Å². The summed E-state index contributed by atoms with van der Waals surface area (Å²) in [7, 11) is -3.48. The Morgan fingerprint density at radius 3 is 2.80 bits per heavy atom. The number of aromatic nitrogens is 2. The summed E-state index contributed by atoms with van der Waals surface area (Å²) in [6, 6.07) is 0. The van der Waals surface area contributed by atoms with Gasteiger partial charge in [-0.25, -0.2) is 8.42 Å². The van der Waals surface area contributed by atoms with E-state index in [9.17, 15) is 8.42 Å². The average Bonchev–Trinajstić information content (AvgIpc) is 2.78. The highest BCUT2D eigenvalue weighted by molar-refractivity contribution is 7.89. The second-order valence-corrected chi connectivity index (χ2v) is 6.94. The maximum atomic E-state index is 12.8. The van der Waals surface area contributed by atoms with Gasteiger partial charge in [0, 0.05) is 19.6 Å². The molecule has 7 heteroatoms. The third-order valence-corrected chi connectivity index (χ3v) is 5.57. The largest absolute Gasteiger partial charge is 0.311 e. The first kappa shape index (κ1) is 15.2. The highest BCUT2D eigenvalue weighted by atomic mass is 32.2. The molecule has 0 atom stereocenters. The van der Waals surface area contributed by atoms with Crippen LogP contribution in [0.3, 0.4) is 0 Å². The summed E-state index contributed by atoms with van der Waals surface area (Å²) in [5.74, 6) is 0. The number of H-pyrrole nitrogens is 1. The van der Waals surface area contributed by atoms with Gasteiger partial charge in [-0.05, 0) is 26.8 Å². The van der Waals surface area contributed by atoms with Crippen molar-refractivity contribution in [3.63, 3.8) is 0 Å². The lowest BCUT2D eigenvalue weighted by Gasteiger charge is -2.25. The van der Waals surface area contributed by atoms with Crippen LogP contribution in [-0.4, -0.2) is 42.6 Å². The summed E-state index contributed by atoms with van der Waals surface area (Å²) in [6.07, 6.45) is 2.76. The number of hydrogen-bond acceptors (Lipinski definition) is 4. The van der Waals surface area contributed by atoms with Gasteiger partial charge in [0.15, 0.2) is 0 Å². The Bertz CT molecular complexity index is 604. The molecule has 20 heavy (non-hydrogen) atoms. The summed E-state index contributed by atoms with van der Waals surface area (Å²) in [6.45, 7) is 7.97. The van der Waals surface area contributed by atoms with E-state index in [0.29, 0.717) is 35.9 Å². The van der Waals surface area contributed by atoms with E-state index in [2.05, 4.69) is 15.5 Å². The summed E-state index contributed by atoms with van der Waals surface area (Å²) in [5, 5.41) is 10.0. The van der Waals surface area contributed by atoms with E-state index in [4.69, 9.17) is 0 Å². The predicted molar refractivity (Wildman–Crippen MR) is 77.8 cm³/mol. The van der Waals surface area contributed by atoms with Crippen molar-refractivity contribution in [3.05, 3.63) is 23.0 Å². The molecule has 0 saturated heterocycles. The van der Waals surface area contributed by atoms with Crippen LogP contribution in [0.2, 0.25) is 0 Å². The summed E-state index contributed by atoms with van der Waals surface area (Å²) < 4.78 is 27.1. The van der Waals surface area contributed by atoms with Crippen LogP contribution >= 0.6 is 0 Å². The summed E-state index contributed by atoms with van der Waals surface area (Å²) in [4.78, 5) is 0.325. The lowest BCUT2D eigenvalue weighted by atomic mass is 10.1. The van der Waals surface area contributed by atoms with Crippen molar-refractivity contribution in [2.45, 2.75) is 38.6 Å². The van der Waals surface area contributed by atoms with Crippen LogP contribution in [0.15, 0.2) is 16.5 Å². The number of nitrogens with zero attached hydrogens (tertiary/aromatic N) is 2. The summed E-state index contributed by atoms with van der Waals surface area (Å²) in [5.41, 5.74) is 2.41. The Morgan fingerprint density at radius 1 is 1.45 bits per heavy atom. The molecule has 2 rings (SSSR count). The minimum atomic E-state index is -3.48. The minimum absolute atomic E-state index is 0.325. The van der Waals surface area contributed by atoms with Crippen molar-refractivity contribution < 1.29 is 8.42 Å². The van der Waals surface area contributed by atoms with Crippen molar-refractivity contribution in [1.82, 2.24) is 19.8 Å². The van der Waals surface area contributed by atoms with Crippen LogP contribution in [0.4, 0.5) is 0 Å². The van der Waals surface area contributed by atoms with Crippen molar-refractivity contribution in [1.29, 1.82) is 0 Å². The van der Waals surface area contributed by atoms with Gasteiger partial charge >= 0.3 is 0 Å². The lowest BCUT2D eigenvalue weighted by Crippen LogP contribution is -2.35. The Labute approximate surface area is 120 Å². The third-order valence-electron chi connectivity index (χ3n) is 3.50. The van der Waals surface area contributed by atoms with Gasteiger partial charge in [-0.1, -0.05) is 18.6 Å². The highest BCUT2D eigenvalue weighted by Gasteiger charge is 2.31. The molecule has 0 radical (unpaired) electrons. The van der Waals surface area contributed by atoms with Gasteiger partial charge < -0.3 is 5.32 Å². The smallest absolute Gasteiger partial charge is 0.247 e. The zero-order chi connectivity index (χ0) is 14.8. The van der Waals surface area contributed by atoms with Crippen molar-refractivity contribution in [2.75, 3.05) is 19.6 Å². The number of rotatable bonds is 5. The van der Waals surface area contributed by atoms with Crippen LogP contribution < -0.4 is 5.32 Å². The van der Waals surface area contributed by atoms with Gasteiger partial charge in [0.05, 0.1) is 11.4 Å². The SMILES string of the molecule is CCNCc1n[nH]c(C)c1S(=O)(=O)N1CC=C(C)CC1. The fourth-order valence-corrected chi connectivity index (χ4v) is 3.98. The molecule has 0 aliphatic carbocycles. The lowest BCUT2D eigenvalue weighted by molar-refractivity contribution is 0.430. The molecule has 0 saturated carbocycles. The van der Waals surface area contributed by atoms with Crippen molar-refractivity contribution >= 4 is 10.0 Å². The van der Waals surface area contributed by atoms with Gasteiger partial charge in [-0.15, -0.1) is 0 Å². The molecule has 0 bridgehead atoms. The molecule has 2 heterocycles. The van der Waals surface area contributed by atoms with Crippen molar-refractivity contribution in [3.8, 4) is 0 Å². The molecule has 0 aromatic carbocycles. The first-order chi connectivity index (χ1) is 9.46. The molecule has 2 N–H and O–H groups in total. The zero-order valence-corrected chi connectivity index (χ0v) is 13.0. The van der Waals surface area contributed by atoms with Crippen LogP contribution in [-0.2, 0) is 16.6 Å². The summed E-state index contributed by atoms with van der Waals surface area (Å²) >= 11 is 0. The monoisotopic (exact) mass is 298 g/mol. The first-order valence-electron chi connectivity index (χ1n) is 6.87. The number of nitrogens with one attached hydrogen (secondary N) is 2. The second kappa shape index (κ2) is 6.07. The van der Waals surface area contributed by atoms with Crippen LogP contribution in [0.25, 0.3) is 0 Å². The van der Waals surface area contributed by atoms with E-state index in [-0.39, 0.29) is 0 Å². The molecule has 1 aromatic rings. The van der Waals surface area contributed by atoms with Gasteiger partial charge in [0.25, 0.3) is 0 Å². The number of aromatic amines is 1. The molecule has 1 aliphatic heterocycles. The maximum Gasteiger partial charge on any atom is 0.247 e. The molecule has 1 aliphatic rings. The van der Waals surface area contributed by atoms with E-state index < -0.39 is 10.0 Å². The topological polar surface area (TPSA) is 78.1 Å². The maximum absolute atomic E-state index is 12.8. The Balaban J connectivity index is 2.32. The third kappa shape index (κ3) is 2.94. The van der Waals surface area contributed by atoms with E-state index >= 15 is 0 Å². The van der Waals surface area contributed by atoms with E-state index in [1.54, 1.807) is 6.92 Å². The van der Waals surface area contributed by atoms with Gasteiger partial charge in [0.1, 0.15) is 4.90 Å². The minimum Gasteiger partial charge on any atom is -0.311 e. The van der Waals surface area contributed by atoms with Gasteiger partial charge in [0.2, 0.25) is 10.0 Å². The first-order valence-corrected chi connectivity index (χ1v) is 8.31. The molecular formula is C13H22N4O2S. The van der Waals surface area contributed by atoms with E-state index in [1.165, 1.54) is 9.88 Å². The van der Waals surface area contributed by atoms with Crippen molar-refractivity contribution in [2.24, 2.45) is 0 Å². The number of hydrogen-bond donors (Lipinski definition) is 2. The normalized spacial score (nSPS) is 17.2. The predicted octanol–water partition coefficient (Wildman–Crippen LogP) is 1.17. The number of aryl methyl sites for hydroxylation is 1. The van der Waals surface area contributed by atoms with Crippen LogP contribution in [0, 0.1) is 6.92 Å². The molecule has 6 nitrogen and oxygen atoms in total. The van der Waals surface area contributed by atoms with Crippen LogP contribution in [0.5, 0.6) is 0 Å². The molecule has 112 valence electrons. The zero-order valence-electron chi connectivity index (χ0n) is 12.2.